The van der Waals surface area contributed by atoms with E-state index >= 15 is 0 Å². The van der Waals surface area contributed by atoms with E-state index < -0.39 is 0 Å². The summed E-state index contributed by atoms with van der Waals surface area (Å²) in [6.07, 6.45) is 1.13. The fraction of sp³-hybridized carbons (Fsp3) is 0.714. The van der Waals surface area contributed by atoms with Gasteiger partial charge in [0, 0.05) is 23.5 Å². The normalized spacial score (nSPS) is 16.2. The van der Waals surface area contributed by atoms with Gasteiger partial charge in [0.15, 0.2) is 0 Å². The minimum atomic E-state index is 0.327. The highest BCUT2D eigenvalue weighted by atomic mass is 32.1. The third kappa shape index (κ3) is 4.41. The average molecular weight is 254 g/mol. The van der Waals surface area contributed by atoms with Crippen LogP contribution in [0.1, 0.15) is 45.0 Å². The van der Waals surface area contributed by atoms with Crippen LogP contribution in [0.3, 0.4) is 0 Å². The maximum Gasteiger partial charge on any atom is 0.0413 e. The summed E-state index contributed by atoms with van der Waals surface area (Å²) in [7, 11) is 2.19. The molecule has 1 rings (SSSR count). The van der Waals surface area contributed by atoms with Gasteiger partial charge in [-0.1, -0.05) is 26.8 Å². The fourth-order valence-corrected chi connectivity index (χ4v) is 2.98. The number of nitrogens with two attached hydrogens (primary N) is 1. The van der Waals surface area contributed by atoms with Gasteiger partial charge in [-0.25, -0.2) is 0 Å². The van der Waals surface area contributed by atoms with Crippen molar-refractivity contribution in [2.45, 2.75) is 46.2 Å². The van der Waals surface area contributed by atoms with Gasteiger partial charge in [-0.3, -0.25) is 4.90 Å². The van der Waals surface area contributed by atoms with Crippen molar-refractivity contribution in [2.24, 2.45) is 11.1 Å². The molecule has 0 spiro atoms. The molecule has 0 amide bonds. The summed E-state index contributed by atoms with van der Waals surface area (Å²) in [5.74, 6) is 0. The van der Waals surface area contributed by atoms with E-state index in [1.807, 2.05) is 11.3 Å². The fourth-order valence-electron chi connectivity index (χ4n) is 2.15. The van der Waals surface area contributed by atoms with Crippen LogP contribution >= 0.6 is 11.3 Å². The molecule has 0 aliphatic heterocycles. The van der Waals surface area contributed by atoms with Crippen molar-refractivity contribution in [3.05, 3.63) is 22.4 Å². The van der Waals surface area contributed by atoms with Crippen molar-refractivity contribution in [1.29, 1.82) is 0 Å². The Labute approximate surface area is 110 Å². The molecule has 0 saturated carbocycles. The summed E-state index contributed by atoms with van der Waals surface area (Å²) in [6.45, 7) is 9.82. The average Bonchev–Trinajstić information content (AvgIpc) is 2.75. The lowest BCUT2D eigenvalue weighted by atomic mass is 9.87. The highest BCUT2D eigenvalue weighted by molar-refractivity contribution is 7.10. The van der Waals surface area contributed by atoms with Gasteiger partial charge in [-0.2, -0.15) is 0 Å². The molecule has 2 N–H and O–H groups in total. The Morgan fingerprint density at radius 2 is 2.06 bits per heavy atom. The van der Waals surface area contributed by atoms with E-state index in [-0.39, 0.29) is 0 Å². The predicted molar refractivity (Wildman–Crippen MR) is 77.4 cm³/mol. The minimum Gasteiger partial charge on any atom is -0.329 e. The molecule has 1 heterocycles. The highest BCUT2D eigenvalue weighted by Crippen LogP contribution is 2.29. The van der Waals surface area contributed by atoms with Gasteiger partial charge >= 0.3 is 0 Å². The van der Waals surface area contributed by atoms with Crippen LogP contribution in [0.2, 0.25) is 0 Å². The number of thiophene rings is 1. The van der Waals surface area contributed by atoms with Gasteiger partial charge in [-0.05, 0) is 37.3 Å². The van der Waals surface area contributed by atoms with Crippen molar-refractivity contribution >= 4 is 11.3 Å². The first kappa shape index (κ1) is 14.7. The van der Waals surface area contributed by atoms with E-state index in [4.69, 9.17) is 5.73 Å². The van der Waals surface area contributed by atoms with Crippen LogP contribution in [0.15, 0.2) is 17.5 Å². The monoisotopic (exact) mass is 254 g/mol. The second kappa shape index (κ2) is 5.98. The molecule has 17 heavy (non-hydrogen) atoms. The Kier molecular flexibility index (Phi) is 5.17. The smallest absolute Gasteiger partial charge is 0.0413 e. The molecule has 0 fully saturated rings. The maximum atomic E-state index is 5.93. The van der Waals surface area contributed by atoms with E-state index in [1.165, 1.54) is 4.88 Å². The van der Waals surface area contributed by atoms with Crippen LogP contribution in [0.4, 0.5) is 0 Å². The lowest BCUT2D eigenvalue weighted by Gasteiger charge is -2.35. The number of hydrogen-bond acceptors (Lipinski definition) is 3. The Balaban J connectivity index is 2.69. The topological polar surface area (TPSA) is 29.3 Å². The van der Waals surface area contributed by atoms with Crippen LogP contribution in [0, 0.1) is 5.41 Å². The summed E-state index contributed by atoms with van der Waals surface area (Å²) in [5.41, 5.74) is 6.26. The van der Waals surface area contributed by atoms with E-state index in [0.717, 1.165) is 13.0 Å². The molecular weight excluding hydrogens is 228 g/mol. The quantitative estimate of drug-likeness (QED) is 0.871. The minimum absolute atomic E-state index is 0.327. The molecule has 2 nitrogen and oxygen atoms in total. The zero-order valence-electron chi connectivity index (χ0n) is 11.7. The maximum absolute atomic E-state index is 5.93. The van der Waals surface area contributed by atoms with Gasteiger partial charge in [0.05, 0.1) is 0 Å². The van der Waals surface area contributed by atoms with E-state index in [9.17, 15) is 0 Å². The number of likely N-dealkylation sites (N-methyl/N-ethyl adjacent to an activating group) is 1. The molecule has 0 saturated heterocycles. The highest BCUT2D eigenvalue weighted by Gasteiger charge is 2.25. The first-order valence-corrected chi connectivity index (χ1v) is 7.18. The molecule has 2 atom stereocenters. The molecule has 0 bridgehead atoms. The summed E-state index contributed by atoms with van der Waals surface area (Å²) in [4.78, 5) is 3.83. The number of nitrogens with zero attached hydrogens (tertiary/aromatic N) is 1. The van der Waals surface area contributed by atoms with Crippen LogP contribution < -0.4 is 5.73 Å². The van der Waals surface area contributed by atoms with Crippen molar-refractivity contribution < 1.29 is 0 Å². The third-order valence-corrected chi connectivity index (χ3v) is 4.30. The zero-order chi connectivity index (χ0) is 13.1. The van der Waals surface area contributed by atoms with Crippen molar-refractivity contribution in [3.63, 3.8) is 0 Å². The predicted octanol–water partition coefficient (Wildman–Crippen LogP) is 3.50. The Bertz CT molecular complexity index is 313. The van der Waals surface area contributed by atoms with Gasteiger partial charge in [0.25, 0.3) is 0 Å². The van der Waals surface area contributed by atoms with Gasteiger partial charge in [0.1, 0.15) is 0 Å². The number of hydrogen-bond donors (Lipinski definition) is 1. The van der Waals surface area contributed by atoms with Crippen LogP contribution in [0.5, 0.6) is 0 Å². The van der Waals surface area contributed by atoms with Crippen molar-refractivity contribution in [2.75, 3.05) is 13.6 Å². The SMILES string of the molecule is CC(c1cccs1)N(C)C(CN)CC(C)(C)C. The van der Waals surface area contributed by atoms with Crippen LogP contribution in [-0.4, -0.2) is 24.5 Å². The molecule has 0 aliphatic rings. The van der Waals surface area contributed by atoms with Crippen LogP contribution in [0.25, 0.3) is 0 Å². The lowest BCUT2D eigenvalue weighted by molar-refractivity contribution is 0.145. The molecule has 1 aromatic rings. The first-order valence-electron chi connectivity index (χ1n) is 6.30. The van der Waals surface area contributed by atoms with Crippen molar-refractivity contribution in [1.82, 2.24) is 4.90 Å². The van der Waals surface area contributed by atoms with Gasteiger partial charge < -0.3 is 5.73 Å². The molecule has 0 aromatic carbocycles. The third-order valence-electron chi connectivity index (χ3n) is 3.26. The molecule has 0 radical (unpaired) electrons. The summed E-state index contributed by atoms with van der Waals surface area (Å²) in [5, 5.41) is 2.14. The summed E-state index contributed by atoms with van der Waals surface area (Å²) < 4.78 is 0. The summed E-state index contributed by atoms with van der Waals surface area (Å²) in [6, 6.07) is 5.22. The molecule has 1 aromatic heterocycles. The molecule has 3 heteroatoms. The molecule has 2 unspecified atom stereocenters. The molecular formula is C14H26N2S. The van der Waals surface area contributed by atoms with E-state index in [0.29, 0.717) is 17.5 Å². The summed E-state index contributed by atoms with van der Waals surface area (Å²) >= 11 is 1.82. The standard InChI is InChI=1S/C14H26N2S/c1-11(13-7-6-8-17-13)16(5)12(10-15)9-14(2,3)4/h6-8,11-12H,9-10,15H2,1-5H3. The molecule has 98 valence electrons. The van der Waals surface area contributed by atoms with Crippen LogP contribution in [-0.2, 0) is 0 Å². The largest absolute Gasteiger partial charge is 0.329 e. The second-order valence-electron chi connectivity index (χ2n) is 6.01. The molecule has 0 aliphatic carbocycles. The van der Waals surface area contributed by atoms with E-state index in [1.54, 1.807) is 0 Å². The zero-order valence-corrected chi connectivity index (χ0v) is 12.6. The number of rotatable bonds is 5. The Hall–Kier alpha value is -0.380. The first-order chi connectivity index (χ1) is 7.85. The van der Waals surface area contributed by atoms with Gasteiger partial charge in [-0.15, -0.1) is 11.3 Å². The Morgan fingerprint density at radius 3 is 2.47 bits per heavy atom. The second-order valence-corrected chi connectivity index (χ2v) is 6.99. The Morgan fingerprint density at radius 1 is 1.41 bits per heavy atom. The van der Waals surface area contributed by atoms with Gasteiger partial charge in [0.2, 0.25) is 0 Å². The lowest BCUT2D eigenvalue weighted by Crippen LogP contribution is -2.41. The van der Waals surface area contributed by atoms with E-state index in [2.05, 4.69) is 57.2 Å². The van der Waals surface area contributed by atoms with Crippen molar-refractivity contribution in [3.8, 4) is 0 Å².